The summed E-state index contributed by atoms with van der Waals surface area (Å²) < 4.78 is 34.4. The Kier molecular flexibility index (Phi) is 9.36. The van der Waals surface area contributed by atoms with Gasteiger partial charge in [-0.1, -0.05) is 86.9 Å². The number of thiophene rings is 1. The van der Waals surface area contributed by atoms with Gasteiger partial charge in [-0.15, -0.1) is 65.4 Å². The van der Waals surface area contributed by atoms with Crippen LogP contribution in [0.3, 0.4) is 0 Å². The number of rotatable bonds is 5. The molecule has 5 heterocycles. The molecule has 8 heteroatoms. The maximum atomic E-state index is 7.74. The van der Waals surface area contributed by atoms with Gasteiger partial charge >= 0.3 is 0 Å². The van der Waals surface area contributed by atoms with Gasteiger partial charge in [0.25, 0.3) is 0 Å². The van der Waals surface area contributed by atoms with Gasteiger partial charge in [-0.05, 0) is 78.1 Å². The molecule has 57 heavy (non-hydrogen) atoms. The largest absolute Gasteiger partial charge is 0.486 e. The van der Waals surface area contributed by atoms with E-state index in [0.29, 0.717) is 17.3 Å². The van der Waals surface area contributed by atoms with E-state index in [9.17, 15) is 0 Å². The van der Waals surface area contributed by atoms with Crippen molar-refractivity contribution in [2.45, 2.75) is 53.2 Å². The van der Waals surface area contributed by atoms with Crippen LogP contribution in [0.1, 0.15) is 40.7 Å². The van der Waals surface area contributed by atoms with Gasteiger partial charge in [0, 0.05) is 67.4 Å². The molecule has 0 aliphatic carbocycles. The first-order chi connectivity index (χ1) is 28.3. The average Bonchev–Trinajstić information content (AvgIpc) is 3.92. The molecular formula is C49H42IrN4OSSi-2. The molecule has 0 N–H and O–H groups in total. The van der Waals surface area contributed by atoms with Crippen molar-refractivity contribution in [3.8, 4) is 28.3 Å². The molecule has 1 radical (unpaired) electrons. The first kappa shape index (κ1) is 35.0. The van der Waals surface area contributed by atoms with Crippen LogP contribution in [0.2, 0.25) is 19.6 Å². The van der Waals surface area contributed by atoms with Gasteiger partial charge in [0.15, 0.2) is 0 Å². The van der Waals surface area contributed by atoms with E-state index in [1.165, 1.54) is 31.3 Å². The Bertz CT molecular complexity index is 3200. The second-order valence-electron chi connectivity index (χ2n) is 15.5. The molecule has 0 bridgehead atoms. The van der Waals surface area contributed by atoms with Crippen LogP contribution < -0.4 is 5.19 Å². The van der Waals surface area contributed by atoms with Crippen molar-refractivity contribution in [1.29, 1.82) is 0 Å². The maximum Gasteiger partial charge on any atom is 0.216 e. The molecule has 285 valence electrons. The molecular weight excluding hydrogens is 913 g/mol. The number of benzene rings is 5. The Labute approximate surface area is 356 Å². The van der Waals surface area contributed by atoms with Crippen molar-refractivity contribution in [3.05, 3.63) is 150 Å². The smallest absolute Gasteiger partial charge is 0.216 e. The number of aryl methyl sites for hydroxylation is 2. The fourth-order valence-electron chi connectivity index (χ4n) is 7.53. The molecule has 0 atom stereocenters. The van der Waals surface area contributed by atoms with Gasteiger partial charge in [-0.2, -0.15) is 0 Å². The molecule has 0 aliphatic rings. The Morgan fingerprint density at radius 2 is 1.63 bits per heavy atom. The summed E-state index contributed by atoms with van der Waals surface area (Å²) in [7, 11) is -1.74. The number of fused-ring (bicyclic) bond motifs is 7. The van der Waals surface area contributed by atoms with Crippen molar-refractivity contribution in [2.75, 3.05) is 0 Å². The van der Waals surface area contributed by atoms with Crippen molar-refractivity contribution in [3.63, 3.8) is 0 Å². The maximum absolute atomic E-state index is 7.74. The first-order valence-corrected chi connectivity index (χ1v) is 23.2. The van der Waals surface area contributed by atoms with Crippen LogP contribution in [0.25, 0.3) is 81.6 Å². The molecule has 5 nitrogen and oxygen atoms in total. The summed E-state index contributed by atoms with van der Waals surface area (Å²) in [5.74, 6) is 1.31. The van der Waals surface area contributed by atoms with E-state index >= 15 is 0 Å². The van der Waals surface area contributed by atoms with Gasteiger partial charge in [0.05, 0.1) is 30.5 Å². The third kappa shape index (κ3) is 6.95. The first-order valence-electron chi connectivity index (χ1n) is 20.4. The fraction of sp³-hybridized carbons (Fsp3) is 0.163. The van der Waals surface area contributed by atoms with Crippen molar-refractivity contribution >= 4 is 77.9 Å². The molecule has 0 spiro atoms. The minimum Gasteiger partial charge on any atom is -0.486 e. The van der Waals surface area contributed by atoms with E-state index in [4.69, 9.17) is 13.5 Å². The third-order valence-corrected chi connectivity index (χ3v) is 13.8. The number of nitrogens with zero attached hydrogens (tertiary/aromatic N) is 4. The van der Waals surface area contributed by atoms with Crippen molar-refractivity contribution in [2.24, 2.45) is 0 Å². The normalized spacial score (nSPS) is 12.8. The molecule has 0 amide bonds. The fourth-order valence-corrected chi connectivity index (χ4v) is 10.1. The number of furan rings is 1. The Morgan fingerprint density at radius 3 is 2.42 bits per heavy atom. The number of imidazole rings is 1. The van der Waals surface area contributed by atoms with E-state index in [2.05, 4.69) is 116 Å². The van der Waals surface area contributed by atoms with E-state index in [1.54, 1.807) is 12.3 Å². The van der Waals surface area contributed by atoms with Crippen LogP contribution in [0.5, 0.6) is 0 Å². The number of hydrogen-bond acceptors (Lipinski definition) is 5. The van der Waals surface area contributed by atoms with E-state index in [1.807, 2.05) is 72.0 Å². The number of hydrogen-bond donors (Lipinski definition) is 0. The minimum absolute atomic E-state index is 0. The summed E-state index contributed by atoms with van der Waals surface area (Å²) in [5.41, 5.74) is 9.65. The zero-order chi connectivity index (χ0) is 41.2. The summed E-state index contributed by atoms with van der Waals surface area (Å²) in [4.78, 5) is 14.0. The van der Waals surface area contributed by atoms with E-state index in [-0.39, 0.29) is 25.8 Å². The van der Waals surface area contributed by atoms with Crippen LogP contribution in [0, 0.1) is 25.9 Å². The quantitative estimate of drug-likeness (QED) is 0.127. The zero-order valence-electron chi connectivity index (χ0n) is 35.6. The van der Waals surface area contributed by atoms with Crippen LogP contribution in [-0.2, 0) is 20.1 Å². The number of pyridine rings is 2. The minimum atomic E-state index is -2.18. The molecule has 0 saturated heterocycles. The number of para-hydroxylation sites is 2. The summed E-state index contributed by atoms with van der Waals surface area (Å²) in [6.45, 7) is 10.9. The van der Waals surface area contributed by atoms with Gasteiger partial charge in [0.1, 0.15) is 0 Å². The van der Waals surface area contributed by atoms with Crippen LogP contribution in [0.4, 0.5) is 0 Å². The predicted octanol–water partition coefficient (Wildman–Crippen LogP) is 13.0. The van der Waals surface area contributed by atoms with Gasteiger partial charge in [-0.3, -0.25) is 4.98 Å². The second kappa shape index (κ2) is 15.3. The topological polar surface area (TPSA) is 56.7 Å². The zero-order valence-corrected chi connectivity index (χ0v) is 36.8. The van der Waals surface area contributed by atoms with E-state index < -0.39 is 14.9 Å². The SMILES string of the molecule is Cc1c(-n2c(-c3[c-]ccc4c3oc3ncccc34)nc3ccccc32)ccc2c1sc1cc(C(C)C)ccc12.[2H]C([2H])([2H])c1nc(-c2[c-]cccc2)ccc1[Si](C)(C)C.[Ir]. The molecule has 0 unspecified atom stereocenters. The van der Waals surface area contributed by atoms with Gasteiger partial charge in [-0.25, -0.2) is 4.98 Å². The molecule has 5 aromatic carbocycles. The monoisotopic (exact) mass is 958 g/mol. The van der Waals surface area contributed by atoms with Gasteiger partial charge in [0.2, 0.25) is 5.71 Å². The van der Waals surface area contributed by atoms with Gasteiger partial charge < -0.3 is 14.0 Å². The predicted molar refractivity (Wildman–Crippen MR) is 238 cm³/mol. The van der Waals surface area contributed by atoms with Crippen LogP contribution in [-0.4, -0.2) is 27.6 Å². The Balaban J connectivity index is 0.000000202. The summed E-state index contributed by atoms with van der Waals surface area (Å²) >= 11 is 1.88. The molecule has 10 aromatic rings. The Hall–Kier alpha value is -5.24. The molecule has 5 aromatic heterocycles. The third-order valence-electron chi connectivity index (χ3n) is 10.5. The molecule has 0 saturated carbocycles. The summed E-state index contributed by atoms with van der Waals surface area (Å²) in [6, 6.07) is 45.5. The standard InChI is InChI=1S/C34H24N3OS.C15H18NSi.Ir/c1-19(2)21-13-14-22-24-15-16-28(20(3)32(24)39-30(22)18-21)37-29-12-5-4-11-27(29)36-33(37)26-9-6-8-23-25-10-7-17-35-34(25)38-31(23)26;1-12-15(17(2,3)4)11-10-14(16-12)13-8-6-5-7-9-13;/h4-8,10-19H,1-3H3;5-8,10-11H,1-4H3;/q2*-1;/i;1D3;. The average molecular weight is 958 g/mol. The van der Waals surface area contributed by atoms with E-state index in [0.717, 1.165) is 55.2 Å². The van der Waals surface area contributed by atoms with Crippen molar-refractivity contribution in [1.82, 2.24) is 19.5 Å². The summed E-state index contributed by atoms with van der Waals surface area (Å²) in [5, 5.41) is 5.53. The van der Waals surface area contributed by atoms with Crippen LogP contribution >= 0.6 is 11.3 Å². The molecule has 0 aliphatic heterocycles. The summed E-state index contributed by atoms with van der Waals surface area (Å²) in [6.07, 6.45) is 1.76. The van der Waals surface area contributed by atoms with Crippen LogP contribution in [0.15, 0.2) is 126 Å². The van der Waals surface area contributed by atoms with Crippen molar-refractivity contribution < 1.29 is 28.6 Å². The Morgan fingerprint density at radius 1 is 0.807 bits per heavy atom. The molecule has 0 fully saturated rings. The second-order valence-corrected chi connectivity index (χ2v) is 21.6. The molecule has 10 rings (SSSR count). The number of aromatic nitrogens is 4.